The molecule has 0 bridgehead atoms. The molecule has 0 spiro atoms. The van der Waals surface area contributed by atoms with Gasteiger partial charge in [-0.3, -0.25) is 4.79 Å². The average molecular weight is 157 g/mol. The number of carboxylic acids is 1. The number of carbonyl (C=O) groups excluding carboxylic acids is 1. The number of rotatable bonds is 2. The fourth-order valence-corrected chi connectivity index (χ4v) is 0.156. The van der Waals surface area contributed by atoms with Crippen LogP contribution in [0.3, 0.4) is 0 Å². The maximum atomic E-state index is 11.7. The van der Waals surface area contributed by atoms with Crippen LogP contribution in [0, 0.1) is 0 Å². The van der Waals surface area contributed by atoms with Gasteiger partial charge >= 0.3 is 17.8 Å². The Morgan fingerprint density at radius 2 is 1.80 bits per heavy atom. The highest BCUT2D eigenvalue weighted by molar-refractivity contribution is 6.02. The fraction of sp³-hybridized carbons (Fsp3) is 0.333. The normalized spacial score (nSPS) is 10.7. The number of amides is 1. The first-order valence-electron chi connectivity index (χ1n) is 1.95. The molecule has 58 valence electrons. The summed E-state index contributed by atoms with van der Waals surface area (Å²) in [5.74, 6) is -9.88. The Bertz CT molecular complexity index is 168. The number of halogens is 3. The van der Waals surface area contributed by atoms with Crippen molar-refractivity contribution in [3.05, 3.63) is 0 Å². The second-order valence-electron chi connectivity index (χ2n) is 1.30. The predicted molar refractivity (Wildman–Crippen MR) is 21.8 cm³/mol. The molecule has 2 N–H and O–H groups in total. The minimum Gasteiger partial charge on any atom is -0.476 e. The molecular formula is C3H2F3NO3. The molecule has 0 aliphatic carbocycles. The van der Waals surface area contributed by atoms with E-state index in [1.165, 1.54) is 0 Å². The van der Waals surface area contributed by atoms with Gasteiger partial charge in [-0.15, -0.1) is 4.48 Å². The van der Waals surface area contributed by atoms with Crippen LogP contribution in [0.25, 0.3) is 0 Å². The molecule has 0 aromatic heterocycles. The van der Waals surface area contributed by atoms with Crippen LogP contribution < -0.4 is 5.54 Å². The highest BCUT2D eigenvalue weighted by Gasteiger charge is 2.48. The van der Waals surface area contributed by atoms with E-state index in [1.807, 2.05) is 0 Å². The van der Waals surface area contributed by atoms with Gasteiger partial charge < -0.3 is 5.11 Å². The standard InChI is InChI=1S/C3H2F3NO3/c4-3(5,2(9)10)1(8)7-6/h(H,7,8)(H,9,10). The summed E-state index contributed by atoms with van der Waals surface area (Å²) in [6.45, 7) is 0. The Morgan fingerprint density at radius 3 is 1.90 bits per heavy atom. The van der Waals surface area contributed by atoms with Crippen molar-refractivity contribution in [1.82, 2.24) is 5.54 Å². The topological polar surface area (TPSA) is 66.4 Å². The van der Waals surface area contributed by atoms with E-state index in [2.05, 4.69) is 0 Å². The molecule has 0 unspecified atom stereocenters. The van der Waals surface area contributed by atoms with Crippen molar-refractivity contribution < 1.29 is 28.0 Å². The van der Waals surface area contributed by atoms with Crippen LogP contribution in [0.2, 0.25) is 0 Å². The largest absolute Gasteiger partial charge is 0.476 e. The molecule has 0 radical (unpaired) electrons. The number of carbonyl (C=O) groups is 2. The van der Waals surface area contributed by atoms with Crippen molar-refractivity contribution in [3.8, 4) is 0 Å². The van der Waals surface area contributed by atoms with Gasteiger partial charge in [-0.25, -0.2) is 4.79 Å². The van der Waals surface area contributed by atoms with Crippen LogP contribution in [0.4, 0.5) is 13.3 Å². The molecule has 0 aliphatic heterocycles. The number of alkyl halides is 2. The van der Waals surface area contributed by atoms with Crippen LogP contribution in [0.15, 0.2) is 0 Å². The first-order valence-corrected chi connectivity index (χ1v) is 1.95. The average Bonchev–Trinajstić information content (AvgIpc) is 1.86. The van der Waals surface area contributed by atoms with Crippen LogP contribution in [-0.4, -0.2) is 22.9 Å². The highest BCUT2D eigenvalue weighted by Crippen LogP contribution is 2.12. The van der Waals surface area contributed by atoms with Gasteiger partial charge in [0.2, 0.25) is 0 Å². The predicted octanol–water partition coefficient (Wildman–Crippen LogP) is -0.293. The molecule has 0 aliphatic rings. The molecule has 4 nitrogen and oxygen atoms in total. The highest BCUT2D eigenvalue weighted by atomic mass is 19.3. The van der Waals surface area contributed by atoms with Crippen LogP contribution in [0.5, 0.6) is 0 Å². The Kier molecular flexibility index (Phi) is 2.22. The maximum Gasteiger partial charge on any atom is 0.420 e. The smallest absolute Gasteiger partial charge is 0.420 e. The summed E-state index contributed by atoms with van der Waals surface area (Å²) in [5.41, 5.74) is 0.0168. The minimum atomic E-state index is -4.70. The number of aliphatic carboxylic acids is 1. The van der Waals surface area contributed by atoms with E-state index in [-0.39, 0.29) is 5.54 Å². The van der Waals surface area contributed by atoms with Gasteiger partial charge in [0.05, 0.1) is 0 Å². The lowest BCUT2D eigenvalue weighted by molar-refractivity contribution is -0.174. The second-order valence-corrected chi connectivity index (χ2v) is 1.30. The first kappa shape index (κ1) is 8.73. The lowest BCUT2D eigenvalue weighted by Crippen LogP contribution is -2.43. The zero-order chi connectivity index (χ0) is 8.36. The van der Waals surface area contributed by atoms with Gasteiger partial charge in [-0.05, 0) is 0 Å². The van der Waals surface area contributed by atoms with E-state index in [4.69, 9.17) is 5.11 Å². The van der Waals surface area contributed by atoms with E-state index < -0.39 is 17.8 Å². The molecule has 10 heavy (non-hydrogen) atoms. The number of carboxylic acid groups (broad SMARTS) is 1. The molecule has 0 saturated heterocycles. The molecule has 0 fully saturated rings. The van der Waals surface area contributed by atoms with Gasteiger partial charge in [0.1, 0.15) is 0 Å². The third kappa shape index (κ3) is 1.36. The monoisotopic (exact) mass is 157 g/mol. The first-order chi connectivity index (χ1) is 4.42. The Hall–Kier alpha value is -1.27. The summed E-state index contributed by atoms with van der Waals surface area (Å²) in [5, 5.41) is 7.57. The SMILES string of the molecule is O=C(O)C(F)(F)C(=O)NF. The van der Waals surface area contributed by atoms with Crippen molar-refractivity contribution in [2.24, 2.45) is 0 Å². The molecule has 1 amide bonds. The Balaban J connectivity index is 4.40. The van der Waals surface area contributed by atoms with Crippen molar-refractivity contribution in [1.29, 1.82) is 0 Å². The summed E-state index contributed by atoms with van der Waals surface area (Å²) in [7, 11) is 0. The Morgan fingerprint density at radius 1 is 1.40 bits per heavy atom. The van der Waals surface area contributed by atoms with Crippen molar-refractivity contribution in [2.75, 3.05) is 0 Å². The van der Waals surface area contributed by atoms with E-state index in [1.54, 1.807) is 0 Å². The number of nitrogens with one attached hydrogen (secondary N) is 1. The molecule has 0 aromatic carbocycles. The lowest BCUT2D eigenvalue weighted by atomic mass is 10.3. The molecule has 7 heteroatoms. The van der Waals surface area contributed by atoms with E-state index >= 15 is 0 Å². The molecule has 0 rings (SSSR count). The van der Waals surface area contributed by atoms with Gasteiger partial charge in [0, 0.05) is 0 Å². The molecule has 0 heterocycles. The Labute approximate surface area is 52.6 Å². The molecule has 0 aromatic rings. The lowest BCUT2D eigenvalue weighted by Gasteiger charge is -2.05. The summed E-state index contributed by atoms with van der Waals surface area (Å²) in [6.07, 6.45) is 0. The quantitative estimate of drug-likeness (QED) is 0.427. The summed E-state index contributed by atoms with van der Waals surface area (Å²) in [4.78, 5) is 19.1. The van der Waals surface area contributed by atoms with Gasteiger partial charge in [0.25, 0.3) is 0 Å². The zero-order valence-corrected chi connectivity index (χ0v) is 4.40. The molecular weight excluding hydrogens is 155 g/mol. The van der Waals surface area contributed by atoms with Gasteiger partial charge in [-0.2, -0.15) is 14.3 Å². The third-order valence-electron chi connectivity index (χ3n) is 0.640. The van der Waals surface area contributed by atoms with E-state index in [0.29, 0.717) is 0 Å². The van der Waals surface area contributed by atoms with E-state index in [9.17, 15) is 22.9 Å². The minimum absolute atomic E-state index is 0.0168. The van der Waals surface area contributed by atoms with Crippen molar-refractivity contribution in [2.45, 2.75) is 5.92 Å². The fourth-order valence-electron chi connectivity index (χ4n) is 0.156. The zero-order valence-electron chi connectivity index (χ0n) is 4.40. The van der Waals surface area contributed by atoms with Gasteiger partial charge in [0.15, 0.2) is 0 Å². The van der Waals surface area contributed by atoms with E-state index in [0.717, 1.165) is 0 Å². The maximum absolute atomic E-state index is 11.7. The summed E-state index contributed by atoms with van der Waals surface area (Å²) < 4.78 is 34.3. The van der Waals surface area contributed by atoms with Crippen LogP contribution in [-0.2, 0) is 9.59 Å². The van der Waals surface area contributed by atoms with Crippen molar-refractivity contribution in [3.63, 3.8) is 0 Å². The second kappa shape index (κ2) is 2.54. The number of hydrogen-bond acceptors (Lipinski definition) is 2. The molecule has 0 atom stereocenters. The third-order valence-corrected chi connectivity index (χ3v) is 0.640. The summed E-state index contributed by atoms with van der Waals surface area (Å²) >= 11 is 0. The summed E-state index contributed by atoms with van der Waals surface area (Å²) in [6, 6.07) is 0. The number of hydrogen-bond donors (Lipinski definition) is 2. The van der Waals surface area contributed by atoms with Crippen molar-refractivity contribution >= 4 is 11.9 Å². The molecule has 0 saturated carbocycles. The van der Waals surface area contributed by atoms with Gasteiger partial charge in [-0.1, -0.05) is 0 Å². The van der Waals surface area contributed by atoms with Crippen LogP contribution >= 0.6 is 0 Å². The van der Waals surface area contributed by atoms with Crippen LogP contribution in [0.1, 0.15) is 0 Å².